The minimum absolute atomic E-state index is 0.240. The Hall–Kier alpha value is -1.31. The Morgan fingerprint density at radius 1 is 1.62 bits per heavy atom. The van der Waals surface area contributed by atoms with E-state index in [0.717, 1.165) is 17.3 Å². The summed E-state index contributed by atoms with van der Waals surface area (Å²) in [7, 11) is 1.79. The maximum Gasteiger partial charge on any atom is 0.209 e. The van der Waals surface area contributed by atoms with Gasteiger partial charge >= 0.3 is 0 Å². The maximum absolute atomic E-state index is 8.62. The lowest BCUT2D eigenvalue weighted by Crippen LogP contribution is -2.32. The third kappa shape index (κ3) is 3.09. The molecule has 0 fully saturated rings. The fraction of sp³-hybridized carbons (Fsp3) is 0.750. The number of nitrogens with zero attached hydrogens (tertiary/aromatic N) is 5. The molecule has 0 saturated heterocycles. The van der Waals surface area contributed by atoms with Crippen molar-refractivity contribution in [3.8, 4) is 0 Å². The minimum atomic E-state index is -0.326. The quantitative estimate of drug-likeness (QED) is 0.256. The van der Waals surface area contributed by atoms with Gasteiger partial charge in [0.05, 0.1) is 0 Å². The van der Waals surface area contributed by atoms with Gasteiger partial charge in [0.15, 0.2) is 0 Å². The van der Waals surface area contributed by atoms with E-state index in [1.54, 1.807) is 23.5 Å². The molecule has 0 unspecified atom stereocenters. The average Bonchev–Trinajstić information content (AvgIpc) is 2.63. The number of hydrogen-bond acceptors (Lipinski definition) is 6. The molecule has 0 saturated carbocycles. The average molecular weight is 244 g/mol. The number of thioether (sulfide) groups is 1. The summed E-state index contributed by atoms with van der Waals surface area (Å²) >= 11 is 1.54. The van der Waals surface area contributed by atoms with Crippen LogP contribution in [0.2, 0.25) is 0 Å². The Morgan fingerprint density at radius 2 is 2.31 bits per heavy atom. The van der Waals surface area contributed by atoms with Crippen LogP contribution in [0.5, 0.6) is 0 Å². The second kappa shape index (κ2) is 5.15. The smallest absolute Gasteiger partial charge is 0.209 e. The molecule has 0 aromatic carbocycles. The summed E-state index contributed by atoms with van der Waals surface area (Å²) in [6.07, 6.45) is 0.778. The Kier molecular flexibility index (Phi) is 4.11. The first-order valence-electron chi connectivity index (χ1n) is 4.80. The van der Waals surface area contributed by atoms with Crippen LogP contribution >= 0.6 is 11.8 Å². The highest BCUT2D eigenvalue weighted by molar-refractivity contribution is 7.99. The highest BCUT2D eigenvalue weighted by Crippen LogP contribution is 2.25. The van der Waals surface area contributed by atoms with Crippen LogP contribution in [0.3, 0.4) is 0 Å². The fourth-order valence-electron chi connectivity index (χ4n) is 1.00. The van der Waals surface area contributed by atoms with Crippen LogP contribution in [0.4, 0.5) is 0 Å². The zero-order chi connectivity index (χ0) is 12.2. The molecule has 8 heteroatoms. The van der Waals surface area contributed by atoms with Crippen molar-refractivity contribution >= 4 is 17.6 Å². The summed E-state index contributed by atoms with van der Waals surface area (Å²) in [6, 6.07) is 0. The molecule has 0 amide bonds. The number of hydrogen-bond donors (Lipinski definition) is 2. The third-order valence-corrected chi connectivity index (χ3v) is 3.35. The van der Waals surface area contributed by atoms with Crippen molar-refractivity contribution in [2.75, 3.05) is 5.75 Å². The molecular formula is C8H16N6OS. The molecular weight excluding hydrogens is 228 g/mol. The van der Waals surface area contributed by atoms with Crippen LogP contribution in [-0.2, 0) is 7.05 Å². The first-order chi connectivity index (χ1) is 7.47. The maximum atomic E-state index is 8.62. The third-order valence-electron chi connectivity index (χ3n) is 2.34. The Morgan fingerprint density at radius 3 is 2.81 bits per heavy atom. The number of rotatable bonds is 5. The molecule has 7 nitrogen and oxygen atoms in total. The van der Waals surface area contributed by atoms with Crippen molar-refractivity contribution in [2.45, 2.75) is 25.4 Å². The van der Waals surface area contributed by atoms with Gasteiger partial charge in [0.2, 0.25) is 5.16 Å². The molecule has 0 atom stereocenters. The number of oxime groups is 1. The van der Waals surface area contributed by atoms with Crippen molar-refractivity contribution in [3.05, 3.63) is 0 Å². The molecule has 1 heterocycles. The molecule has 16 heavy (non-hydrogen) atoms. The van der Waals surface area contributed by atoms with Crippen molar-refractivity contribution in [3.63, 3.8) is 0 Å². The van der Waals surface area contributed by atoms with Crippen LogP contribution in [-0.4, -0.2) is 37.0 Å². The summed E-state index contributed by atoms with van der Waals surface area (Å²) in [5.41, 5.74) is 5.26. The fourth-order valence-corrected chi connectivity index (χ4v) is 2.12. The normalized spacial score (nSPS) is 13.1. The molecule has 0 aliphatic rings. The van der Waals surface area contributed by atoms with E-state index >= 15 is 0 Å². The molecule has 1 aromatic rings. The summed E-state index contributed by atoms with van der Waals surface area (Å²) in [6.45, 7) is 3.86. The minimum Gasteiger partial charge on any atom is -0.409 e. The van der Waals surface area contributed by atoms with Crippen molar-refractivity contribution in [1.82, 2.24) is 20.2 Å². The summed E-state index contributed by atoms with van der Waals surface area (Å²) in [5, 5.41) is 23.5. The molecule has 3 N–H and O–H groups in total. The first kappa shape index (κ1) is 12.8. The van der Waals surface area contributed by atoms with Gasteiger partial charge in [-0.3, -0.25) is 0 Å². The van der Waals surface area contributed by atoms with Gasteiger partial charge in [-0.25, -0.2) is 4.68 Å². The number of tetrazole rings is 1. The molecule has 0 aliphatic carbocycles. The number of nitrogens with two attached hydrogens (primary N) is 1. The SMILES string of the molecule is Cn1nnnc1SCCC(C)(C)C(N)=NO. The second-order valence-electron chi connectivity index (χ2n) is 4.05. The van der Waals surface area contributed by atoms with Crippen LogP contribution in [0.25, 0.3) is 0 Å². The van der Waals surface area contributed by atoms with Gasteiger partial charge in [-0.2, -0.15) is 0 Å². The number of amidine groups is 1. The van der Waals surface area contributed by atoms with E-state index in [1.807, 2.05) is 13.8 Å². The van der Waals surface area contributed by atoms with E-state index in [2.05, 4.69) is 20.7 Å². The van der Waals surface area contributed by atoms with Gasteiger partial charge in [-0.15, -0.1) is 5.10 Å². The highest BCUT2D eigenvalue weighted by Gasteiger charge is 2.23. The second-order valence-corrected chi connectivity index (χ2v) is 5.11. The summed E-state index contributed by atoms with van der Waals surface area (Å²) in [5.74, 6) is 1.04. The summed E-state index contributed by atoms with van der Waals surface area (Å²) < 4.78 is 1.61. The van der Waals surface area contributed by atoms with Gasteiger partial charge < -0.3 is 10.9 Å². The molecule has 0 radical (unpaired) electrons. The number of aromatic nitrogens is 4. The Balaban J connectivity index is 2.44. The zero-order valence-corrected chi connectivity index (χ0v) is 10.4. The van der Waals surface area contributed by atoms with Crippen LogP contribution in [0.1, 0.15) is 20.3 Å². The van der Waals surface area contributed by atoms with Gasteiger partial charge in [-0.05, 0) is 16.8 Å². The highest BCUT2D eigenvalue weighted by atomic mass is 32.2. The van der Waals surface area contributed by atoms with Crippen LogP contribution < -0.4 is 5.73 Å². The molecule has 1 aromatic heterocycles. The van der Waals surface area contributed by atoms with E-state index in [1.165, 1.54) is 0 Å². The van der Waals surface area contributed by atoms with Crippen LogP contribution in [0, 0.1) is 5.41 Å². The first-order valence-corrected chi connectivity index (χ1v) is 5.79. The molecule has 1 rings (SSSR count). The van der Waals surface area contributed by atoms with Crippen molar-refractivity contribution < 1.29 is 5.21 Å². The largest absolute Gasteiger partial charge is 0.409 e. The Labute approximate surface area is 98.1 Å². The van der Waals surface area contributed by atoms with E-state index in [0.29, 0.717) is 0 Å². The van der Waals surface area contributed by atoms with Gasteiger partial charge in [0.25, 0.3) is 0 Å². The lowest BCUT2D eigenvalue weighted by molar-refractivity contribution is 0.307. The predicted molar refractivity (Wildman–Crippen MR) is 61.3 cm³/mol. The van der Waals surface area contributed by atoms with Crippen LogP contribution in [0.15, 0.2) is 10.3 Å². The summed E-state index contributed by atoms with van der Waals surface area (Å²) in [4.78, 5) is 0. The van der Waals surface area contributed by atoms with E-state index in [-0.39, 0.29) is 11.3 Å². The monoisotopic (exact) mass is 244 g/mol. The van der Waals surface area contributed by atoms with Crippen molar-refractivity contribution in [2.24, 2.45) is 23.4 Å². The lowest BCUT2D eigenvalue weighted by atomic mass is 9.89. The van der Waals surface area contributed by atoms with E-state index in [9.17, 15) is 0 Å². The standard InChI is InChI=1S/C8H16N6OS/c1-8(2,6(9)11-15)4-5-16-7-10-12-13-14(7)3/h15H,4-5H2,1-3H3,(H2,9,11). The van der Waals surface area contributed by atoms with E-state index < -0.39 is 0 Å². The van der Waals surface area contributed by atoms with E-state index in [4.69, 9.17) is 10.9 Å². The van der Waals surface area contributed by atoms with Gasteiger partial charge in [0.1, 0.15) is 5.84 Å². The lowest BCUT2D eigenvalue weighted by Gasteiger charge is -2.21. The Bertz CT molecular complexity index is 374. The van der Waals surface area contributed by atoms with Gasteiger partial charge in [-0.1, -0.05) is 30.8 Å². The molecule has 0 aliphatic heterocycles. The topological polar surface area (TPSA) is 102 Å². The zero-order valence-electron chi connectivity index (χ0n) is 9.58. The molecule has 90 valence electrons. The van der Waals surface area contributed by atoms with Crippen molar-refractivity contribution in [1.29, 1.82) is 0 Å². The predicted octanol–water partition coefficient (Wildman–Crippen LogP) is 0.465. The molecule has 0 spiro atoms. The number of aryl methyl sites for hydroxylation is 1. The van der Waals surface area contributed by atoms with Gasteiger partial charge in [0, 0.05) is 18.2 Å². The molecule has 0 bridgehead atoms.